The van der Waals surface area contributed by atoms with Crippen LogP contribution in [0.3, 0.4) is 0 Å². The number of hydrogen-bond acceptors (Lipinski definition) is 2. The van der Waals surface area contributed by atoms with Crippen LogP contribution in [0.4, 0.5) is 0 Å². The zero-order valence-electron chi connectivity index (χ0n) is 15.4. The van der Waals surface area contributed by atoms with E-state index in [0.29, 0.717) is 6.61 Å². The van der Waals surface area contributed by atoms with E-state index in [4.69, 9.17) is 4.74 Å². The van der Waals surface area contributed by atoms with Crippen LogP contribution in [0.25, 0.3) is 0 Å². The zero-order chi connectivity index (χ0) is 18.7. The van der Waals surface area contributed by atoms with Crippen molar-refractivity contribution < 1.29 is 9.53 Å². The monoisotopic (exact) mass is 367 g/mol. The van der Waals surface area contributed by atoms with Crippen LogP contribution in [0, 0.1) is 11.8 Å². The third-order valence-corrected chi connectivity index (χ3v) is 6.82. The lowest BCUT2D eigenvalue weighted by atomic mass is 9.81. The molecule has 2 saturated heterocycles. The summed E-state index contributed by atoms with van der Waals surface area (Å²) >= 11 is 0. The average molecular weight is 367 g/mol. The maximum Gasteiger partial charge on any atom is 0.229 e. The number of piperidine rings is 1. The molecule has 4 atom stereocenters. The predicted octanol–water partition coefficient (Wildman–Crippen LogP) is 4.16. The van der Waals surface area contributed by atoms with Gasteiger partial charge in [-0.1, -0.05) is 91.0 Å². The van der Waals surface area contributed by atoms with E-state index < -0.39 is 0 Å². The summed E-state index contributed by atoms with van der Waals surface area (Å²) in [6.45, 7) is 0.605. The molecule has 1 aliphatic carbocycles. The first kappa shape index (κ1) is 16.1. The molecule has 3 aromatic carbocycles. The Kier molecular flexibility index (Phi) is 3.33. The van der Waals surface area contributed by atoms with Crippen molar-refractivity contribution in [3.8, 4) is 0 Å². The first-order valence-electron chi connectivity index (χ1n) is 9.93. The maximum atomic E-state index is 13.6. The molecule has 0 aromatic heterocycles. The van der Waals surface area contributed by atoms with E-state index in [2.05, 4.69) is 48.5 Å². The molecule has 1 saturated carbocycles. The van der Waals surface area contributed by atoms with Gasteiger partial charge < -0.3 is 9.64 Å². The number of benzene rings is 3. The van der Waals surface area contributed by atoms with Crippen LogP contribution in [0.2, 0.25) is 0 Å². The minimum absolute atomic E-state index is 0.00240. The van der Waals surface area contributed by atoms with Gasteiger partial charge in [0, 0.05) is 16.9 Å². The van der Waals surface area contributed by atoms with E-state index in [1.54, 1.807) is 0 Å². The molecular formula is C25H21NO2. The van der Waals surface area contributed by atoms with Crippen molar-refractivity contribution in [2.75, 3.05) is 6.61 Å². The van der Waals surface area contributed by atoms with Gasteiger partial charge in [-0.25, -0.2) is 0 Å². The molecule has 3 aliphatic rings. The third-order valence-electron chi connectivity index (χ3n) is 6.82. The normalized spacial score (nSPS) is 29.4. The van der Waals surface area contributed by atoms with Crippen LogP contribution >= 0.6 is 0 Å². The summed E-state index contributed by atoms with van der Waals surface area (Å²) in [5, 5.41) is 0. The topological polar surface area (TPSA) is 29.5 Å². The molecule has 2 aliphatic heterocycles. The SMILES string of the molecule is O=C1[C@H]2[C@@H]([C@H]3CO[C@H](c4ccccc4)N13)C2(c1ccccc1)c1ccccc1. The van der Waals surface area contributed by atoms with Crippen LogP contribution in [-0.2, 0) is 14.9 Å². The van der Waals surface area contributed by atoms with Gasteiger partial charge >= 0.3 is 0 Å². The Hall–Kier alpha value is -2.91. The quantitative estimate of drug-likeness (QED) is 0.696. The van der Waals surface area contributed by atoms with E-state index in [1.807, 2.05) is 47.4 Å². The summed E-state index contributed by atoms with van der Waals surface area (Å²) in [6.07, 6.45) is -0.254. The first-order valence-corrected chi connectivity index (χ1v) is 9.93. The largest absolute Gasteiger partial charge is 0.352 e. The molecule has 28 heavy (non-hydrogen) atoms. The molecular weight excluding hydrogens is 346 g/mol. The van der Waals surface area contributed by atoms with Crippen molar-refractivity contribution in [1.29, 1.82) is 0 Å². The van der Waals surface area contributed by atoms with E-state index >= 15 is 0 Å². The lowest BCUT2D eigenvalue weighted by Gasteiger charge is -2.31. The molecule has 0 bridgehead atoms. The highest BCUT2D eigenvalue weighted by Crippen LogP contribution is 2.71. The Morgan fingerprint density at radius 2 is 1.32 bits per heavy atom. The van der Waals surface area contributed by atoms with Gasteiger partial charge in [0.05, 0.1) is 18.6 Å². The van der Waals surface area contributed by atoms with Crippen LogP contribution < -0.4 is 0 Å². The molecule has 3 fully saturated rings. The van der Waals surface area contributed by atoms with E-state index in [1.165, 1.54) is 11.1 Å². The number of nitrogens with zero attached hydrogens (tertiary/aromatic N) is 1. The summed E-state index contributed by atoms with van der Waals surface area (Å²) in [5.74, 6) is 0.491. The van der Waals surface area contributed by atoms with E-state index in [0.717, 1.165) is 5.56 Å². The molecule has 2 heterocycles. The Balaban J connectivity index is 1.44. The number of carbonyl (C=O) groups is 1. The van der Waals surface area contributed by atoms with Crippen molar-refractivity contribution in [2.45, 2.75) is 17.7 Å². The number of fused-ring (bicyclic) bond motifs is 3. The Bertz CT molecular complexity index is 979. The van der Waals surface area contributed by atoms with Crippen molar-refractivity contribution >= 4 is 5.91 Å². The van der Waals surface area contributed by atoms with E-state index in [9.17, 15) is 4.79 Å². The predicted molar refractivity (Wildman–Crippen MR) is 106 cm³/mol. The minimum atomic E-state index is -0.254. The smallest absolute Gasteiger partial charge is 0.229 e. The lowest BCUT2D eigenvalue weighted by molar-refractivity contribution is -0.137. The van der Waals surface area contributed by atoms with Crippen molar-refractivity contribution in [3.63, 3.8) is 0 Å². The van der Waals surface area contributed by atoms with E-state index in [-0.39, 0.29) is 35.4 Å². The van der Waals surface area contributed by atoms with Gasteiger partial charge in [-0.05, 0) is 11.1 Å². The van der Waals surface area contributed by atoms with Crippen molar-refractivity contribution in [1.82, 2.24) is 4.90 Å². The summed E-state index contributed by atoms with van der Waals surface area (Å²) in [5.41, 5.74) is 3.32. The number of ether oxygens (including phenoxy) is 1. The highest BCUT2D eigenvalue weighted by molar-refractivity contribution is 5.91. The van der Waals surface area contributed by atoms with Crippen molar-refractivity contribution in [2.24, 2.45) is 11.8 Å². The number of hydrogen-bond donors (Lipinski definition) is 0. The Labute approximate surface area is 164 Å². The lowest BCUT2D eigenvalue weighted by Crippen LogP contribution is -2.40. The molecule has 3 aromatic rings. The Morgan fingerprint density at radius 3 is 1.89 bits per heavy atom. The fourth-order valence-corrected chi connectivity index (χ4v) is 5.74. The van der Waals surface area contributed by atoms with Crippen LogP contribution in [0.5, 0.6) is 0 Å². The summed E-state index contributed by atoms with van der Waals surface area (Å²) < 4.78 is 6.14. The first-order chi connectivity index (χ1) is 13.8. The van der Waals surface area contributed by atoms with Crippen LogP contribution in [0.1, 0.15) is 22.9 Å². The number of carbonyl (C=O) groups excluding carboxylic acids is 1. The number of rotatable bonds is 3. The molecule has 0 N–H and O–H groups in total. The highest BCUT2D eigenvalue weighted by atomic mass is 16.5. The van der Waals surface area contributed by atoms with Crippen LogP contribution in [0.15, 0.2) is 91.0 Å². The fraction of sp³-hybridized carbons (Fsp3) is 0.240. The summed E-state index contributed by atoms with van der Waals surface area (Å²) in [6, 6.07) is 31.3. The zero-order valence-corrected chi connectivity index (χ0v) is 15.4. The second-order valence-electron chi connectivity index (χ2n) is 8.01. The Morgan fingerprint density at radius 1 is 0.786 bits per heavy atom. The average Bonchev–Trinajstić information content (AvgIpc) is 3.12. The van der Waals surface area contributed by atoms with Gasteiger partial charge in [-0.15, -0.1) is 0 Å². The molecule has 0 radical (unpaired) electrons. The molecule has 6 rings (SSSR count). The number of amides is 1. The molecule has 1 amide bonds. The third kappa shape index (κ3) is 1.95. The van der Waals surface area contributed by atoms with Gasteiger partial charge in [0.1, 0.15) is 0 Å². The van der Waals surface area contributed by atoms with Gasteiger partial charge in [0.2, 0.25) is 5.91 Å². The maximum absolute atomic E-state index is 13.6. The molecule has 138 valence electrons. The van der Waals surface area contributed by atoms with Crippen molar-refractivity contribution in [3.05, 3.63) is 108 Å². The standard InChI is InChI=1S/C25H21NO2/c27-23-22-21(20-16-28-24(26(20)23)17-10-4-1-5-11-17)25(22,18-12-6-2-7-13-18)19-14-8-3-9-15-19/h1-15,20-22,24H,16H2/t20-,21-,22-,24-/m1/s1. The van der Waals surface area contributed by atoms with Crippen LogP contribution in [-0.4, -0.2) is 23.5 Å². The summed E-state index contributed by atoms with van der Waals surface area (Å²) in [7, 11) is 0. The summed E-state index contributed by atoms with van der Waals surface area (Å²) in [4.78, 5) is 15.6. The second kappa shape index (κ2) is 5.79. The van der Waals surface area contributed by atoms with Gasteiger partial charge in [-0.3, -0.25) is 4.79 Å². The van der Waals surface area contributed by atoms with Gasteiger partial charge in [-0.2, -0.15) is 0 Å². The molecule has 0 spiro atoms. The van der Waals surface area contributed by atoms with Gasteiger partial charge in [0.25, 0.3) is 0 Å². The molecule has 3 nitrogen and oxygen atoms in total. The second-order valence-corrected chi connectivity index (χ2v) is 8.01. The fourth-order valence-electron chi connectivity index (χ4n) is 5.74. The van der Waals surface area contributed by atoms with Gasteiger partial charge in [0.15, 0.2) is 6.23 Å². The molecule has 0 unspecified atom stereocenters. The minimum Gasteiger partial charge on any atom is -0.352 e. The molecule has 3 heteroatoms. The highest BCUT2D eigenvalue weighted by Gasteiger charge is 2.79.